The quantitative estimate of drug-likeness (QED) is 0.725. The van der Waals surface area contributed by atoms with E-state index in [4.69, 9.17) is 0 Å². The summed E-state index contributed by atoms with van der Waals surface area (Å²) >= 11 is 0. The summed E-state index contributed by atoms with van der Waals surface area (Å²) in [5.74, 6) is 0.533. The molecule has 3 rings (SSSR count). The third-order valence-electron chi connectivity index (χ3n) is 3.37. The van der Waals surface area contributed by atoms with Gasteiger partial charge in [-0.1, -0.05) is 42.5 Å². The number of aromatic nitrogens is 1. The van der Waals surface area contributed by atoms with Crippen LogP contribution in [0, 0.1) is 6.92 Å². The van der Waals surface area contributed by atoms with Gasteiger partial charge in [0.05, 0.1) is 5.56 Å². The van der Waals surface area contributed by atoms with Gasteiger partial charge < -0.3 is 5.32 Å². The second-order valence-corrected chi connectivity index (χ2v) is 5.09. The summed E-state index contributed by atoms with van der Waals surface area (Å²) in [5.41, 5.74) is 3.29. The Balaban J connectivity index is 1.95. The number of nitrogens with zero attached hydrogens (tertiary/aromatic N) is 1. The average Bonchev–Trinajstić information content (AvgIpc) is 2.56. The van der Waals surface area contributed by atoms with Gasteiger partial charge in [-0.2, -0.15) is 0 Å². The lowest BCUT2D eigenvalue weighted by atomic mass is 10.0. The van der Waals surface area contributed by atoms with E-state index in [9.17, 15) is 4.79 Å². The maximum atomic E-state index is 12.6. The molecule has 3 heteroatoms. The number of carbonyl (C=O) groups excluding carboxylic acids is 1. The van der Waals surface area contributed by atoms with Crippen molar-refractivity contribution in [3.05, 3.63) is 89.6 Å². The van der Waals surface area contributed by atoms with E-state index < -0.39 is 0 Å². The summed E-state index contributed by atoms with van der Waals surface area (Å²) in [6.07, 6.45) is 1.68. The first-order valence-electron chi connectivity index (χ1n) is 7.12. The first kappa shape index (κ1) is 14.0. The topological polar surface area (TPSA) is 42.0 Å². The molecule has 2 aromatic carbocycles. The van der Waals surface area contributed by atoms with Gasteiger partial charge in [-0.05, 0) is 36.8 Å². The standard InChI is InChI=1S/C19H16N2O/c1-14-7-5-10-16(13-14)21-19-17(11-6-12-20-19)18(22)15-8-3-2-4-9-15/h2-13H,1H3,(H,20,21). The van der Waals surface area contributed by atoms with Crippen LogP contribution in [0.3, 0.4) is 0 Å². The highest BCUT2D eigenvalue weighted by molar-refractivity contribution is 6.12. The number of rotatable bonds is 4. The van der Waals surface area contributed by atoms with E-state index in [1.165, 1.54) is 0 Å². The summed E-state index contributed by atoms with van der Waals surface area (Å²) in [4.78, 5) is 17.0. The molecule has 0 radical (unpaired) electrons. The van der Waals surface area contributed by atoms with Crippen LogP contribution in [0.4, 0.5) is 11.5 Å². The fourth-order valence-electron chi connectivity index (χ4n) is 2.29. The number of benzene rings is 2. The lowest BCUT2D eigenvalue weighted by Gasteiger charge is -2.10. The monoisotopic (exact) mass is 288 g/mol. The minimum absolute atomic E-state index is 0.0381. The molecule has 1 aromatic heterocycles. The summed E-state index contributed by atoms with van der Waals surface area (Å²) in [6, 6.07) is 20.8. The molecule has 0 bridgehead atoms. The van der Waals surface area contributed by atoms with Crippen molar-refractivity contribution in [3.8, 4) is 0 Å². The number of ketones is 1. The van der Waals surface area contributed by atoms with Crippen molar-refractivity contribution in [1.29, 1.82) is 0 Å². The van der Waals surface area contributed by atoms with E-state index in [1.54, 1.807) is 18.3 Å². The summed E-state index contributed by atoms with van der Waals surface area (Å²) in [6.45, 7) is 2.03. The van der Waals surface area contributed by atoms with Crippen LogP contribution in [0.25, 0.3) is 0 Å². The number of anilines is 2. The molecule has 1 N–H and O–H groups in total. The predicted molar refractivity (Wildman–Crippen MR) is 88.6 cm³/mol. The molecule has 0 fully saturated rings. The van der Waals surface area contributed by atoms with E-state index in [0.29, 0.717) is 16.9 Å². The van der Waals surface area contributed by atoms with Crippen LogP contribution < -0.4 is 5.32 Å². The van der Waals surface area contributed by atoms with E-state index in [-0.39, 0.29) is 5.78 Å². The molecular formula is C19H16N2O. The molecule has 0 unspecified atom stereocenters. The highest BCUT2D eigenvalue weighted by Gasteiger charge is 2.14. The van der Waals surface area contributed by atoms with Crippen molar-refractivity contribution < 1.29 is 4.79 Å². The van der Waals surface area contributed by atoms with Gasteiger partial charge in [-0.25, -0.2) is 4.98 Å². The Hall–Kier alpha value is -2.94. The summed E-state index contributed by atoms with van der Waals surface area (Å²) in [5, 5.41) is 3.23. The zero-order chi connectivity index (χ0) is 15.4. The number of pyridine rings is 1. The molecule has 0 atom stereocenters. The second kappa shape index (κ2) is 6.22. The molecule has 0 saturated carbocycles. The zero-order valence-corrected chi connectivity index (χ0v) is 12.3. The smallest absolute Gasteiger partial charge is 0.196 e. The van der Waals surface area contributed by atoms with Crippen LogP contribution in [0.2, 0.25) is 0 Å². The van der Waals surface area contributed by atoms with Crippen LogP contribution in [0.5, 0.6) is 0 Å². The average molecular weight is 288 g/mol. The molecule has 3 aromatic rings. The number of hydrogen-bond acceptors (Lipinski definition) is 3. The van der Waals surface area contributed by atoms with E-state index in [2.05, 4.69) is 10.3 Å². The Bertz CT molecular complexity index is 797. The van der Waals surface area contributed by atoms with Crippen molar-refractivity contribution in [2.24, 2.45) is 0 Å². The van der Waals surface area contributed by atoms with Gasteiger partial charge in [-0.15, -0.1) is 0 Å². The number of nitrogens with one attached hydrogen (secondary N) is 1. The molecule has 0 aliphatic heterocycles. The summed E-state index contributed by atoms with van der Waals surface area (Å²) in [7, 11) is 0. The molecule has 22 heavy (non-hydrogen) atoms. The SMILES string of the molecule is Cc1cccc(Nc2ncccc2C(=O)c2ccccc2)c1. The van der Waals surface area contributed by atoms with Crippen LogP contribution in [-0.2, 0) is 0 Å². The van der Waals surface area contributed by atoms with Crippen LogP contribution in [-0.4, -0.2) is 10.8 Å². The molecule has 0 saturated heterocycles. The lowest BCUT2D eigenvalue weighted by molar-refractivity contribution is 0.103. The molecule has 0 amide bonds. The molecule has 3 nitrogen and oxygen atoms in total. The fourth-order valence-corrected chi connectivity index (χ4v) is 2.29. The van der Waals surface area contributed by atoms with E-state index in [1.807, 2.05) is 61.5 Å². The zero-order valence-electron chi connectivity index (χ0n) is 12.3. The Morgan fingerprint density at radius 1 is 0.955 bits per heavy atom. The third-order valence-corrected chi connectivity index (χ3v) is 3.37. The number of carbonyl (C=O) groups is 1. The van der Waals surface area contributed by atoms with Crippen LogP contribution in [0.1, 0.15) is 21.5 Å². The maximum absolute atomic E-state index is 12.6. The van der Waals surface area contributed by atoms with Crippen molar-refractivity contribution in [3.63, 3.8) is 0 Å². The third kappa shape index (κ3) is 3.04. The Labute approximate surface area is 129 Å². The molecule has 108 valence electrons. The normalized spacial score (nSPS) is 10.2. The van der Waals surface area contributed by atoms with Gasteiger partial charge in [0, 0.05) is 17.4 Å². The van der Waals surface area contributed by atoms with Crippen LogP contribution in [0.15, 0.2) is 72.9 Å². The highest BCUT2D eigenvalue weighted by Crippen LogP contribution is 2.21. The second-order valence-electron chi connectivity index (χ2n) is 5.09. The Morgan fingerprint density at radius 3 is 2.55 bits per heavy atom. The number of hydrogen-bond donors (Lipinski definition) is 1. The highest BCUT2D eigenvalue weighted by atomic mass is 16.1. The molecular weight excluding hydrogens is 272 g/mol. The van der Waals surface area contributed by atoms with E-state index in [0.717, 1.165) is 11.3 Å². The van der Waals surface area contributed by atoms with Gasteiger partial charge >= 0.3 is 0 Å². The van der Waals surface area contributed by atoms with E-state index >= 15 is 0 Å². The van der Waals surface area contributed by atoms with Crippen molar-refractivity contribution in [2.45, 2.75) is 6.92 Å². The molecule has 1 heterocycles. The fraction of sp³-hybridized carbons (Fsp3) is 0.0526. The number of aryl methyl sites for hydroxylation is 1. The van der Waals surface area contributed by atoms with Gasteiger partial charge in [0.15, 0.2) is 5.78 Å². The van der Waals surface area contributed by atoms with Gasteiger partial charge in [0.1, 0.15) is 5.82 Å². The van der Waals surface area contributed by atoms with Gasteiger partial charge in [0.25, 0.3) is 0 Å². The molecule has 0 aliphatic carbocycles. The molecule has 0 spiro atoms. The Kier molecular flexibility index (Phi) is 3.97. The predicted octanol–water partition coefficient (Wildman–Crippen LogP) is 4.36. The maximum Gasteiger partial charge on any atom is 0.196 e. The lowest BCUT2D eigenvalue weighted by Crippen LogP contribution is -2.06. The largest absolute Gasteiger partial charge is 0.340 e. The van der Waals surface area contributed by atoms with Crippen LogP contribution >= 0.6 is 0 Å². The first-order chi connectivity index (χ1) is 10.7. The summed E-state index contributed by atoms with van der Waals surface area (Å²) < 4.78 is 0. The minimum Gasteiger partial charge on any atom is -0.340 e. The first-order valence-corrected chi connectivity index (χ1v) is 7.12. The van der Waals surface area contributed by atoms with Crippen molar-refractivity contribution in [2.75, 3.05) is 5.32 Å². The van der Waals surface area contributed by atoms with Crippen molar-refractivity contribution >= 4 is 17.3 Å². The van der Waals surface area contributed by atoms with Crippen molar-refractivity contribution in [1.82, 2.24) is 4.98 Å². The minimum atomic E-state index is -0.0381. The molecule has 0 aliphatic rings. The van der Waals surface area contributed by atoms with Gasteiger partial charge in [0.2, 0.25) is 0 Å². The van der Waals surface area contributed by atoms with Gasteiger partial charge in [-0.3, -0.25) is 4.79 Å². The Morgan fingerprint density at radius 2 is 1.77 bits per heavy atom.